The second-order valence-corrected chi connectivity index (χ2v) is 6.66. The molecular weight excluding hydrogens is 313 g/mol. The monoisotopic (exact) mass is 327 g/mol. The Morgan fingerprint density at radius 2 is 1.81 bits per heavy atom. The van der Waals surface area contributed by atoms with Crippen molar-refractivity contribution in [3.63, 3.8) is 0 Å². The molecule has 21 heavy (non-hydrogen) atoms. The number of carbonyl (C=O) groups is 2. The van der Waals surface area contributed by atoms with Crippen LogP contribution in [-0.4, -0.2) is 17.0 Å². The lowest BCUT2D eigenvalue weighted by atomic mass is 10.1. The number of anilines is 1. The topological polar surface area (TPSA) is 66.4 Å². The van der Waals surface area contributed by atoms with Crippen molar-refractivity contribution < 1.29 is 14.7 Å². The molecule has 2 atom stereocenters. The Bertz CT molecular complexity index is 604. The number of carbonyl (C=O) groups excluding carboxylic acids is 1. The molecule has 1 fully saturated rings. The summed E-state index contributed by atoms with van der Waals surface area (Å²) >= 11 is 11.3. The van der Waals surface area contributed by atoms with Crippen LogP contribution in [0.1, 0.15) is 24.2 Å². The summed E-state index contributed by atoms with van der Waals surface area (Å²) in [6.45, 7) is 3.95. The van der Waals surface area contributed by atoms with Crippen molar-refractivity contribution in [1.29, 1.82) is 0 Å². The fourth-order valence-electron chi connectivity index (χ4n) is 2.54. The molecule has 2 N–H and O–H groups in total. The van der Waals surface area contributed by atoms with Gasteiger partial charge in [-0.2, -0.15) is 0 Å². The van der Waals surface area contributed by atoms with Gasteiger partial charge in [0.05, 0.1) is 11.5 Å². The first-order chi connectivity index (χ1) is 9.73. The summed E-state index contributed by atoms with van der Waals surface area (Å²) < 4.78 is 0.161. The van der Waals surface area contributed by atoms with E-state index in [1.54, 1.807) is 18.2 Å². The van der Waals surface area contributed by atoms with E-state index in [-0.39, 0.29) is 33.2 Å². The van der Waals surface area contributed by atoms with Crippen LogP contribution in [0.5, 0.6) is 0 Å². The van der Waals surface area contributed by atoms with Crippen molar-refractivity contribution in [3.05, 3.63) is 40.4 Å². The predicted octanol–water partition coefficient (Wildman–Crippen LogP) is 3.91. The van der Waals surface area contributed by atoms with Crippen molar-refractivity contribution in [2.75, 3.05) is 5.32 Å². The van der Waals surface area contributed by atoms with E-state index in [4.69, 9.17) is 28.3 Å². The van der Waals surface area contributed by atoms with Crippen molar-refractivity contribution >= 4 is 40.8 Å². The minimum atomic E-state index is -1.00. The summed E-state index contributed by atoms with van der Waals surface area (Å²) in [6.07, 6.45) is 1.68. The summed E-state index contributed by atoms with van der Waals surface area (Å²) in [4.78, 5) is 23.0. The van der Waals surface area contributed by atoms with E-state index in [0.717, 1.165) is 0 Å². The third kappa shape index (κ3) is 3.39. The normalized spacial score (nSPS) is 22.3. The summed E-state index contributed by atoms with van der Waals surface area (Å²) in [5, 5.41) is 11.6. The van der Waals surface area contributed by atoms with E-state index in [1.165, 1.54) is 12.1 Å². The molecule has 1 saturated carbocycles. The lowest BCUT2D eigenvalue weighted by Gasteiger charge is -2.06. The zero-order valence-corrected chi connectivity index (χ0v) is 13.1. The van der Waals surface area contributed by atoms with E-state index in [0.29, 0.717) is 5.69 Å². The number of allylic oxidation sites excluding steroid dienone is 1. The van der Waals surface area contributed by atoms with Crippen molar-refractivity contribution in [2.45, 2.75) is 13.8 Å². The van der Waals surface area contributed by atoms with Crippen LogP contribution in [-0.2, 0) is 4.79 Å². The second-order valence-electron chi connectivity index (χ2n) is 5.65. The first-order valence-electron chi connectivity index (χ1n) is 6.40. The first-order valence-corrected chi connectivity index (χ1v) is 7.16. The van der Waals surface area contributed by atoms with Gasteiger partial charge in [0.1, 0.15) is 4.49 Å². The lowest BCUT2D eigenvalue weighted by Crippen LogP contribution is -2.16. The molecular formula is C15H15Cl2NO3. The minimum Gasteiger partial charge on any atom is -0.478 e. The number of carboxylic acid groups (broad SMARTS) is 1. The summed E-state index contributed by atoms with van der Waals surface area (Å²) in [7, 11) is 0. The van der Waals surface area contributed by atoms with Gasteiger partial charge in [-0.05, 0) is 41.7 Å². The summed E-state index contributed by atoms with van der Waals surface area (Å²) in [5.74, 6) is -1.33. The number of halogens is 2. The van der Waals surface area contributed by atoms with Gasteiger partial charge in [-0.25, -0.2) is 4.79 Å². The zero-order chi connectivity index (χ0) is 15.8. The standard InChI is InChI=1S/C15H15Cl2NO3/c1-15(2)10(7-11(16)17)12(15)13(19)18-9-5-3-8(4-6-9)14(20)21/h3-7,10,12H,1-2H3,(H,18,19)(H,20,21)/t10-,12-/m0/s1. The molecule has 112 valence electrons. The summed E-state index contributed by atoms with van der Waals surface area (Å²) in [6, 6.07) is 6.03. The number of nitrogens with one attached hydrogen (secondary N) is 1. The highest BCUT2D eigenvalue weighted by Crippen LogP contribution is 2.59. The SMILES string of the molecule is CC1(C)[C@H](C(=O)Nc2ccc(C(=O)O)cc2)[C@@H]1C=C(Cl)Cl. The predicted molar refractivity (Wildman–Crippen MR) is 82.6 cm³/mol. The van der Waals surface area contributed by atoms with Crippen molar-refractivity contribution in [2.24, 2.45) is 17.3 Å². The van der Waals surface area contributed by atoms with Crippen molar-refractivity contribution in [3.8, 4) is 0 Å². The fourth-order valence-corrected chi connectivity index (χ4v) is 2.81. The van der Waals surface area contributed by atoms with E-state index in [2.05, 4.69) is 5.32 Å². The average Bonchev–Trinajstić information content (AvgIpc) is 2.90. The Kier molecular flexibility index (Phi) is 4.30. The maximum absolute atomic E-state index is 12.3. The molecule has 0 aromatic heterocycles. The molecule has 0 saturated heterocycles. The molecule has 1 aliphatic rings. The summed E-state index contributed by atoms with van der Waals surface area (Å²) in [5.41, 5.74) is 0.544. The highest BCUT2D eigenvalue weighted by molar-refractivity contribution is 6.55. The van der Waals surface area contributed by atoms with Crippen LogP contribution in [0.4, 0.5) is 5.69 Å². The molecule has 0 radical (unpaired) electrons. The molecule has 0 aliphatic heterocycles. The van der Waals surface area contributed by atoms with Crippen LogP contribution in [0, 0.1) is 17.3 Å². The third-order valence-electron chi connectivity index (χ3n) is 3.90. The molecule has 1 aliphatic carbocycles. The fraction of sp³-hybridized carbons (Fsp3) is 0.333. The quantitative estimate of drug-likeness (QED) is 0.880. The third-order valence-corrected chi connectivity index (χ3v) is 4.15. The first kappa shape index (κ1) is 15.9. The molecule has 0 spiro atoms. The van der Waals surface area contributed by atoms with Crippen LogP contribution >= 0.6 is 23.2 Å². The molecule has 4 nitrogen and oxygen atoms in total. The Labute approximate surface area is 132 Å². The van der Waals surface area contributed by atoms with Gasteiger partial charge in [0.25, 0.3) is 0 Å². The number of aromatic carboxylic acids is 1. The largest absolute Gasteiger partial charge is 0.478 e. The van der Waals surface area contributed by atoms with Gasteiger partial charge >= 0.3 is 5.97 Å². The van der Waals surface area contributed by atoms with E-state index in [1.807, 2.05) is 13.8 Å². The number of carboxylic acids is 1. The maximum Gasteiger partial charge on any atom is 0.335 e. The van der Waals surface area contributed by atoms with Crippen LogP contribution in [0.15, 0.2) is 34.8 Å². The number of rotatable bonds is 4. The van der Waals surface area contributed by atoms with Gasteiger partial charge in [-0.1, -0.05) is 37.0 Å². The van der Waals surface area contributed by atoms with Crippen LogP contribution in [0.3, 0.4) is 0 Å². The van der Waals surface area contributed by atoms with Crippen LogP contribution in [0.25, 0.3) is 0 Å². The van der Waals surface area contributed by atoms with Crippen LogP contribution in [0.2, 0.25) is 0 Å². The number of hydrogen-bond acceptors (Lipinski definition) is 2. The lowest BCUT2D eigenvalue weighted by molar-refractivity contribution is -0.118. The minimum absolute atomic E-state index is 0.000734. The molecule has 1 aromatic rings. The van der Waals surface area contributed by atoms with E-state index >= 15 is 0 Å². The van der Waals surface area contributed by atoms with Gasteiger partial charge in [0.15, 0.2) is 0 Å². The average molecular weight is 328 g/mol. The maximum atomic E-state index is 12.3. The van der Waals surface area contributed by atoms with Crippen molar-refractivity contribution in [1.82, 2.24) is 0 Å². The van der Waals surface area contributed by atoms with Crippen LogP contribution < -0.4 is 5.32 Å². The highest BCUT2D eigenvalue weighted by atomic mass is 35.5. The van der Waals surface area contributed by atoms with Gasteiger partial charge in [-0.3, -0.25) is 4.79 Å². The second kappa shape index (κ2) is 5.70. The molecule has 6 heteroatoms. The molecule has 1 amide bonds. The molecule has 1 aromatic carbocycles. The molecule has 0 heterocycles. The van der Waals surface area contributed by atoms with Gasteiger partial charge in [0.2, 0.25) is 5.91 Å². The Balaban J connectivity index is 2.05. The number of benzene rings is 1. The Hall–Kier alpha value is -1.52. The smallest absolute Gasteiger partial charge is 0.335 e. The van der Waals surface area contributed by atoms with Gasteiger partial charge in [0, 0.05) is 5.69 Å². The molecule has 0 bridgehead atoms. The zero-order valence-electron chi connectivity index (χ0n) is 11.6. The van der Waals surface area contributed by atoms with Gasteiger partial charge in [-0.15, -0.1) is 0 Å². The molecule has 2 rings (SSSR count). The van der Waals surface area contributed by atoms with E-state index < -0.39 is 5.97 Å². The molecule has 0 unspecified atom stereocenters. The number of hydrogen-bond donors (Lipinski definition) is 2. The van der Waals surface area contributed by atoms with E-state index in [9.17, 15) is 9.59 Å². The Morgan fingerprint density at radius 3 is 2.29 bits per heavy atom. The highest BCUT2D eigenvalue weighted by Gasteiger charge is 2.60. The number of amides is 1. The Morgan fingerprint density at radius 1 is 1.24 bits per heavy atom. The van der Waals surface area contributed by atoms with Gasteiger partial charge < -0.3 is 10.4 Å².